The van der Waals surface area contributed by atoms with Gasteiger partial charge in [0, 0.05) is 24.1 Å². The topological polar surface area (TPSA) is 72.5 Å². The van der Waals surface area contributed by atoms with Crippen LogP contribution in [-0.2, 0) is 7.05 Å². The van der Waals surface area contributed by atoms with Crippen molar-refractivity contribution in [1.29, 1.82) is 0 Å². The number of aryl methyl sites for hydroxylation is 1. The van der Waals surface area contributed by atoms with Crippen molar-refractivity contribution in [3.8, 4) is 11.3 Å². The molecular weight excluding hydrogens is 238 g/mol. The molecule has 17 heavy (non-hydrogen) atoms. The molecule has 3 N–H and O–H groups in total. The largest absolute Gasteiger partial charge is 0.382 e. The summed E-state index contributed by atoms with van der Waals surface area (Å²) in [7, 11) is 1.86. The van der Waals surface area contributed by atoms with Gasteiger partial charge in [0.2, 0.25) is 0 Å². The second kappa shape index (κ2) is 3.49. The van der Waals surface area contributed by atoms with E-state index < -0.39 is 0 Å². The van der Waals surface area contributed by atoms with Crippen LogP contribution in [0.25, 0.3) is 22.2 Å². The van der Waals surface area contributed by atoms with E-state index in [4.69, 9.17) is 17.3 Å². The molecule has 2 aromatic heterocycles. The molecule has 5 nitrogen and oxygen atoms in total. The molecule has 3 aromatic rings. The van der Waals surface area contributed by atoms with Crippen molar-refractivity contribution < 1.29 is 0 Å². The first-order chi connectivity index (χ1) is 8.16. The van der Waals surface area contributed by atoms with Gasteiger partial charge >= 0.3 is 0 Å². The van der Waals surface area contributed by atoms with Crippen LogP contribution < -0.4 is 5.73 Å². The average Bonchev–Trinajstić information content (AvgIpc) is 2.85. The Morgan fingerprint density at radius 1 is 1.41 bits per heavy atom. The van der Waals surface area contributed by atoms with Crippen molar-refractivity contribution in [3.05, 3.63) is 29.4 Å². The fourth-order valence-electron chi connectivity index (χ4n) is 1.99. The van der Waals surface area contributed by atoms with E-state index in [0.717, 1.165) is 22.2 Å². The van der Waals surface area contributed by atoms with Gasteiger partial charge in [0.25, 0.3) is 0 Å². The van der Waals surface area contributed by atoms with E-state index in [0.29, 0.717) is 11.0 Å². The minimum atomic E-state index is 0.463. The molecule has 3 rings (SSSR count). The molecular formula is C11H10ClN5. The van der Waals surface area contributed by atoms with Gasteiger partial charge in [0.15, 0.2) is 5.15 Å². The lowest BCUT2D eigenvalue weighted by atomic mass is 10.1. The monoisotopic (exact) mass is 247 g/mol. The van der Waals surface area contributed by atoms with E-state index in [1.54, 1.807) is 10.7 Å². The highest BCUT2D eigenvalue weighted by Gasteiger charge is 2.12. The highest BCUT2D eigenvalue weighted by Crippen LogP contribution is 2.31. The summed E-state index contributed by atoms with van der Waals surface area (Å²) in [6.07, 6.45) is 0. The first kappa shape index (κ1) is 10.2. The molecule has 0 atom stereocenters. The van der Waals surface area contributed by atoms with Crippen molar-refractivity contribution in [1.82, 2.24) is 20.0 Å². The summed E-state index contributed by atoms with van der Waals surface area (Å²) in [6.45, 7) is 0. The van der Waals surface area contributed by atoms with Crippen molar-refractivity contribution in [2.45, 2.75) is 0 Å². The Labute approximate surface area is 102 Å². The molecule has 86 valence electrons. The fourth-order valence-corrected chi connectivity index (χ4v) is 2.25. The highest BCUT2D eigenvalue weighted by atomic mass is 35.5. The zero-order valence-electron chi connectivity index (χ0n) is 9.11. The smallest absolute Gasteiger partial charge is 0.158 e. The number of benzene rings is 1. The molecule has 6 heteroatoms. The van der Waals surface area contributed by atoms with Gasteiger partial charge in [0.1, 0.15) is 5.82 Å². The number of fused-ring (bicyclic) bond motifs is 1. The molecule has 0 saturated carbocycles. The van der Waals surface area contributed by atoms with Gasteiger partial charge in [-0.25, -0.2) is 0 Å². The summed E-state index contributed by atoms with van der Waals surface area (Å²) in [5, 5.41) is 12.4. The summed E-state index contributed by atoms with van der Waals surface area (Å²) in [6, 6.07) is 7.64. The van der Waals surface area contributed by atoms with E-state index >= 15 is 0 Å². The van der Waals surface area contributed by atoms with Gasteiger partial charge in [0.05, 0.1) is 11.2 Å². The molecule has 0 aliphatic rings. The van der Waals surface area contributed by atoms with Gasteiger partial charge < -0.3 is 5.73 Å². The molecule has 2 heterocycles. The van der Waals surface area contributed by atoms with Gasteiger partial charge in [-0.15, -0.1) is 0 Å². The summed E-state index contributed by atoms with van der Waals surface area (Å²) >= 11 is 6.06. The third-order valence-corrected chi connectivity index (χ3v) is 2.99. The van der Waals surface area contributed by atoms with Crippen molar-refractivity contribution in [2.24, 2.45) is 7.05 Å². The fraction of sp³-hybridized carbons (Fsp3) is 0.0909. The lowest BCUT2D eigenvalue weighted by molar-refractivity contribution is 0.798. The maximum absolute atomic E-state index is 6.06. The molecule has 0 radical (unpaired) electrons. The summed E-state index contributed by atoms with van der Waals surface area (Å²) in [5.74, 6) is 0.463. The summed E-state index contributed by atoms with van der Waals surface area (Å²) in [4.78, 5) is 0. The Morgan fingerprint density at radius 2 is 2.24 bits per heavy atom. The van der Waals surface area contributed by atoms with Crippen LogP contribution >= 0.6 is 11.6 Å². The predicted octanol–water partition coefficient (Wildman–Crippen LogP) is 2.20. The van der Waals surface area contributed by atoms with Crippen LogP contribution in [0, 0.1) is 0 Å². The van der Waals surface area contributed by atoms with E-state index in [-0.39, 0.29) is 0 Å². The molecule has 0 unspecified atom stereocenters. The maximum Gasteiger partial charge on any atom is 0.158 e. The highest BCUT2D eigenvalue weighted by molar-refractivity contribution is 6.34. The third kappa shape index (κ3) is 1.47. The third-order valence-electron chi connectivity index (χ3n) is 2.71. The molecule has 0 spiro atoms. The number of nitrogens with one attached hydrogen (secondary N) is 1. The molecule has 0 aliphatic carbocycles. The molecule has 1 aromatic carbocycles. The number of hydrogen-bond donors (Lipinski definition) is 2. The van der Waals surface area contributed by atoms with Crippen LogP contribution in [0.3, 0.4) is 0 Å². The van der Waals surface area contributed by atoms with E-state index in [1.165, 1.54) is 0 Å². The number of nitrogen functional groups attached to an aromatic ring is 1. The van der Waals surface area contributed by atoms with E-state index in [9.17, 15) is 0 Å². The van der Waals surface area contributed by atoms with Crippen LogP contribution in [0.2, 0.25) is 5.15 Å². The number of halogens is 1. The van der Waals surface area contributed by atoms with Crippen LogP contribution in [0.1, 0.15) is 0 Å². The maximum atomic E-state index is 6.06. The van der Waals surface area contributed by atoms with Gasteiger partial charge in [-0.1, -0.05) is 23.7 Å². The Bertz CT molecular complexity index is 697. The number of aromatic amines is 1. The van der Waals surface area contributed by atoms with E-state index in [1.807, 2.05) is 25.2 Å². The SMILES string of the molecule is Cn1nc(Cl)c2cccc(-c3cc(N)n[nH]3)c21. The molecule has 0 amide bonds. The van der Waals surface area contributed by atoms with Gasteiger partial charge in [-0.2, -0.15) is 10.2 Å². The molecule has 0 aliphatic heterocycles. The Kier molecular flexibility index (Phi) is 2.09. The predicted molar refractivity (Wildman–Crippen MR) is 67.7 cm³/mol. The number of aromatic nitrogens is 4. The van der Waals surface area contributed by atoms with Crippen molar-refractivity contribution in [3.63, 3.8) is 0 Å². The first-order valence-corrected chi connectivity index (χ1v) is 5.47. The van der Waals surface area contributed by atoms with E-state index in [2.05, 4.69) is 15.3 Å². The number of hydrogen-bond acceptors (Lipinski definition) is 3. The van der Waals surface area contributed by atoms with Crippen LogP contribution in [0.5, 0.6) is 0 Å². The molecule has 0 fully saturated rings. The second-order valence-electron chi connectivity index (χ2n) is 3.82. The van der Waals surface area contributed by atoms with Crippen LogP contribution in [0.4, 0.5) is 5.82 Å². The van der Waals surface area contributed by atoms with Crippen molar-refractivity contribution >= 4 is 28.3 Å². The van der Waals surface area contributed by atoms with Crippen molar-refractivity contribution in [2.75, 3.05) is 5.73 Å². The first-order valence-electron chi connectivity index (χ1n) is 5.09. The number of nitrogens with zero attached hydrogens (tertiary/aromatic N) is 3. The zero-order valence-corrected chi connectivity index (χ0v) is 9.86. The lowest BCUT2D eigenvalue weighted by Crippen LogP contribution is -1.91. The Hall–Kier alpha value is -2.01. The normalized spacial score (nSPS) is 11.2. The second-order valence-corrected chi connectivity index (χ2v) is 4.18. The average molecular weight is 248 g/mol. The Morgan fingerprint density at radius 3 is 2.94 bits per heavy atom. The number of para-hydroxylation sites is 1. The van der Waals surface area contributed by atoms with Gasteiger partial charge in [-0.05, 0) is 6.07 Å². The van der Waals surface area contributed by atoms with Crippen LogP contribution in [0.15, 0.2) is 24.3 Å². The quantitative estimate of drug-likeness (QED) is 0.692. The van der Waals surface area contributed by atoms with Crippen LogP contribution in [-0.4, -0.2) is 20.0 Å². The minimum absolute atomic E-state index is 0.463. The zero-order chi connectivity index (χ0) is 12.0. The molecule has 0 bridgehead atoms. The number of anilines is 1. The minimum Gasteiger partial charge on any atom is -0.382 e. The lowest BCUT2D eigenvalue weighted by Gasteiger charge is -2.01. The number of H-pyrrole nitrogens is 1. The summed E-state index contributed by atoms with van der Waals surface area (Å²) < 4.78 is 1.75. The molecule has 0 saturated heterocycles. The standard InChI is InChI=1S/C11H10ClN5/c1-17-10-6(8-5-9(13)15-14-8)3-2-4-7(10)11(12)16-17/h2-5H,1H3,(H3,13,14,15). The number of rotatable bonds is 1. The Balaban J connectivity index is 2.37. The van der Waals surface area contributed by atoms with Gasteiger partial charge in [-0.3, -0.25) is 9.78 Å². The summed E-state index contributed by atoms with van der Waals surface area (Å²) in [5.41, 5.74) is 8.41. The number of nitrogens with two attached hydrogens (primary N) is 1.